The van der Waals surface area contributed by atoms with Crippen LogP contribution in [-0.4, -0.2) is 13.1 Å². The number of unbranched alkanes of at least 4 members (excludes halogenated alkanes) is 1. The summed E-state index contributed by atoms with van der Waals surface area (Å²) in [6, 6.07) is 1.58. The van der Waals surface area contributed by atoms with Gasteiger partial charge in [-0.25, -0.2) is 0 Å². The standard InChI is InChI=1S/C13H16F6N2/c14-12(15,16)10-5-9(8-21-4-2-1-3-20)6-11(7-10)13(17,18)19/h5-7,21H,1-4,8,20H2. The molecule has 0 aliphatic heterocycles. The predicted octanol–water partition coefficient (Wildman–Crippen LogP) is 3.55. The Bertz CT molecular complexity index is 421. The van der Waals surface area contributed by atoms with E-state index in [1.165, 1.54) is 0 Å². The third kappa shape index (κ3) is 5.92. The van der Waals surface area contributed by atoms with Gasteiger partial charge in [0.05, 0.1) is 11.1 Å². The molecule has 0 aliphatic carbocycles. The molecular weight excluding hydrogens is 298 g/mol. The van der Waals surface area contributed by atoms with Crippen molar-refractivity contribution in [3.05, 3.63) is 34.9 Å². The highest BCUT2D eigenvalue weighted by Crippen LogP contribution is 2.36. The zero-order valence-electron chi connectivity index (χ0n) is 11.1. The van der Waals surface area contributed by atoms with Crippen LogP contribution in [0.5, 0.6) is 0 Å². The fourth-order valence-corrected chi connectivity index (χ4v) is 1.75. The molecule has 0 fully saturated rings. The Morgan fingerprint density at radius 1 is 0.857 bits per heavy atom. The van der Waals surface area contributed by atoms with Crippen molar-refractivity contribution in [2.75, 3.05) is 13.1 Å². The molecule has 0 atom stereocenters. The minimum Gasteiger partial charge on any atom is -0.330 e. The third-order valence-corrected chi connectivity index (χ3v) is 2.78. The van der Waals surface area contributed by atoms with E-state index in [0.29, 0.717) is 19.5 Å². The first-order valence-electron chi connectivity index (χ1n) is 6.33. The predicted molar refractivity (Wildman–Crippen MR) is 66.4 cm³/mol. The highest BCUT2D eigenvalue weighted by molar-refractivity contribution is 5.33. The molecular formula is C13H16F6N2. The molecule has 0 bridgehead atoms. The maximum absolute atomic E-state index is 12.6. The summed E-state index contributed by atoms with van der Waals surface area (Å²) in [5, 5.41) is 2.80. The minimum absolute atomic E-state index is 0.0510. The van der Waals surface area contributed by atoms with Crippen molar-refractivity contribution in [2.24, 2.45) is 5.73 Å². The van der Waals surface area contributed by atoms with Gasteiger partial charge >= 0.3 is 12.4 Å². The highest BCUT2D eigenvalue weighted by atomic mass is 19.4. The molecule has 8 heteroatoms. The van der Waals surface area contributed by atoms with Gasteiger partial charge in [0, 0.05) is 6.54 Å². The van der Waals surface area contributed by atoms with E-state index in [9.17, 15) is 26.3 Å². The summed E-state index contributed by atoms with van der Waals surface area (Å²) < 4.78 is 75.7. The fourth-order valence-electron chi connectivity index (χ4n) is 1.75. The number of nitrogens with one attached hydrogen (secondary N) is 1. The molecule has 0 aliphatic rings. The lowest BCUT2D eigenvalue weighted by Gasteiger charge is -2.14. The minimum atomic E-state index is -4.81. The summed E-state index contributed by atoms with van der Waals surface area (Å²) in [4.78, 5) is 0. The van der Waals surface area contributed by atoms with Gasteiger partial charge in [0.2, 0.25) is 0 Å². The first-order chi connectivity index (χ1) is 9.64. The zero-order chi connectivity index (χ0) is 16.1. The summed E-state index contributed by atoms with van der Waals surface area (Å²) in [5.41, 5.74) is 2.64. The van der Waals surface area contributed by atoms with Gasteiger partial charge in [-0.3, -0.25) is 0 Å². The van der Waals surface area contributed by atoms with E-state index < -0.39 is 23.5 Å². The van der Waals surface area contributed by atoms with Crippen LogP contribution < -0.4 is 11.1 Å². The van der Waals surface area contributed by atoms with E-state index >= 15 is 0 Å². The molecule has 1 rings (SSSR count). The maximum atomic E-state index is 12.6. The van der Waals surface area contributed by atoms with Gasteiger partial charge in [-0.1, -0.05) is 0 Å². The molecule has 21 heavy (non-hydrogen) atoms. The lowest BCUT2D eigenvalue weighted by Crippen LogP contribution is -2.18. The Morgan fingerprint density at radius 3 is 1.81 bits per heavy atom. The first-order valence-corrected chi connectivity index (χ1v) is 6.33. The van der Waals surface area contributed by atoms with Gasteiger partial charge in [-0.2, -0.15) is 26.3 Å². The van der Waals surface area contributed by atoms with Crippen LogP contribution in [0.25, 0.3) is 0 Å². The van der Waals surface area contributed by atoms with E-state index in [2.05, 4.69) is 5.32 Å². The summed E-state index contributed by atoms with van der Waals surface area (Å²) >= 11 is 0. The number of benzene rings is 1. The Labute approximate surface area is 118 Å². The van der Waals surface area contributed by atoms with E-state index in [4.69, 9.17) is 5.73 Å². The van der Waals surface area contributed by atoms with Crippen molar-refractivity contribution in [3.63, 3.8) is 0 Å². The summed E-state index contributed by atoms with van der Waals surface area (Å²) in [6.07, 6.45) is -8.17. The van der Waals surface area contributed by atoms with Gasteiger partial charge in [-0.15, -0.1) is 0 Å². The topological polar surface area (TPSA) is 38.0 Å². The SMILES string of the molecule is NCCCCNCc1cc(C(F)(F)F)cc(C(F)(F)F)c1. The quantitative estimate of drug-likeness (QED) is 0.622. The lowest BCUT2D eigenvalue weighted by atomic mass is 10.0. The van der Waals surface area contributed by atoms with Crippen LogP contribution in [0.3, 0.4) is 0 Å². The van der Waals surface area contributed by atoms with Crippen molar-refractivity contribution in [2.45, 2.75) is 31.7 Å². The fraction of sp³-hybridized carbons (Fsp3) is 0.538. The molecule has 0 spiro atoms. The Kier molecular flexibility index (Phi) is 6.03. The van der Waals surface area contributed by atoms with Gasteiger partial charge in [-0.05, 0) is 49.7 Å². The van der Waals surface area contributed by atoms with Crippen molar-refractivity contribution >= 4 is 0 Å². The second-order valence-corrected chi connectivity index (χ2v) is 4.59. The molecule has 0 radical (unpaired) electrons. The summed E-state index contributed by atoms with van der Waals surface area (Å²) in [7, 11) is 0. The molecule has 0 aromatic heterocycles. The number of halogens is 6. The Morgan fingerprint density at radius 2 is 1.38 bits per heavy atom. The van der Waals surface area contributed by atoms with Crippen molar-refractivity contribution in [1.29, 1.82) is 0 Å². The number of hydrogen-bond donors (Lipinski definition) is 2. The zero-order valence-corrected chi connectivity index (χ0v) is 11.1. The molecule has 2 nitrogen and oxygen atoms in total. The van der Waals surface area contributed by atoms with Crippen LogP contribution in [0.2, 0.25) is 0 Å². The monoisotopic (exact) mass is 314 g/mol. The van der Waals surface area contributed by atoms with Crippen LogP contribution in [-0.2, 0) is 18.9 Å². The van der Waals surface area contributed by atoms with Gasteiger partial charge in [0.25, 0.3) is 0 Å². The van der Waals surface area contributed by atoms with E-state index in [1.54, 1.807) is 0 Å². The molecule has 0 amide bonds. The van der Waals surface area contributed by atoms with E-state index in [-0.39, 0.29) is 18.2 Å². The summed E-state index contributed by atoms with van der Waals surface area (Å²) in [5.74, 6) is 0. The maximum Gasteiger partial charge on any atom is 0.416 e. The van der Waals surface area contributed by atoms with Crippen LogP contribution in [0.1, 0.15) is 29.5 Å². The largest absolute Gasteiger partial charge is 0.416 e. The smallest absolute Gasteiger partial charge is 0.330 e. The molecule has 3 N–H and O–H groups in total. The van der Waals surface area contributed by atoms with E-state index in [1.807, 2.05) is 0 Å². The molecule has 120 valence electrons. The number of nitrogens with two attached hydrogens (primary N) is 1. The first kappa shape index (κ1) is 17.8. The molecule has 1 aromatic carbocycles. The van der Waals surface area contributed by atoms with Crippen molar-refractivity contribution in [3.8, 4) is 0 Å². The number of hydrogen-bond acceptors (Lipinski definition) is 2. The normalized spacial score (nSPS) is 12.7. The second-order valence-electron chi connectivity index (χ2n) is 4.59. The van der Waals surface area contributed by atoms with Gasteiger partial charge < -0.3 is 11.1 Å². The molecule has 0 unspecified atom stereocenters. The van der Waals surface area contributed by atoms with Crippen molar-refractivity contribution in [1.82, 2.24) is 5.32 Å². The van der Waals surface area contributed by atoms with Gasteiger partial charge in [0.1, 0.15) is 0 Å². The Hall–Kier alpha value is -1.28. The lowest BCUT2D eigenvalue weighted by molar-refractivity contribution is -0.143. The number of alkyl halides is 6. The van der Waals surface area contributed by atoms with Crippen LogP contribution >= 0.6 is 0 Å². The Balaban J connectivity index is 2.88. The average Bonchev–Trinajstić information content (AvgIpc) is 2.36. The number of rotatable bonds is 6. The van der Waals surface area contributed by atoms with Crippen molar-refractivity contribution < 1.29 is 26.3 Å². The summed E-state index contributed by atoms with van der Waals surface area (Å²) in [6.45, 7) is 0.913. The average molecular weight is 314 g/mol. The highest BCUT2D eigenvalue weighted by Gasteiger charge is 2.36. The van der Waals surface area contributed by atoms with Crippen LogP contribution in [0.4, 0.5) is 26.3 Å². The van der Waals surface area contributed by atoms with E-state index in [0.717, 1.165) is 18.6 Å². The second kappa shape index (κ2) is 7.13. The molecule has 0 heterocycles. The molecule has 0 saturated heterocycles. The third-order valence-electron chi connectivity index (χ3n) is 2.78. The van der Waals surface area contributed by atoms with Crippen LogP contribution in [0, 0.1) is 0 Å². The molecule has 1 aromatic rings. The molecule has 0 saturated carbocycles. The van der Waals surface area contributed by atoms with Crippen LogP contribution in [0.15, 0.2) is 18.2 Å². The van der Waals surface area contributed by atoms with Gasteiger partial charge in [0.15, 0.2) is 0 Å².